The molecule has 108 valence electrons. The highest BCUT2D eigenvalue weighted by Gasteiger charge is 2.25. The molecule has 0 saturated heterocycles. The average molecular weight is 281 g/mol. The van der Waals surface area contributed by atoms with Gasteiger partial charge in [-0.25, -0.2) is 0 Å². The summed E-state index contributed by atoms with van der Waals surface area (Å²) in [7, 11) is 0. The van der Waals surface area contributed by atoms with Crippen LogP contribution in [-0.4, -0.2) is 13.3 Å². The summed E-state index contributed by atoms with van der Waals surface area (Å²) in [6.45, 7) is 2.21. The van der Waals surface area contributed by atoms with Crippen molar-refractivity contribution in [2.45, 2.75) is 19.4 Å². The Balaban J connectivity index is 1.55. The van der Waals surface area contributed by atoms with E-state index in [0.29, 0.717) is 12.6 Å². The van der Waals surface area contributed by atoms with Crippen molar-refractivity contribution in [3.63, 3.8) is 0 Å². The number of benzene rings is 2. The monoisotopic (exact) mass is 281 g/mol. The number of fused-ring (bicyclic) bond motifs is 3. The van der Waals surface area contributed by atoms with Crippen molar-refractivity contribution < 1.29 is 9.47 Å². The fraction of sp³-hybridized carbons (Fsp3) is 0.333. The molecular formula is C18H19NO2. The highest BCUT2D eigenvalue weighted by atomic mass is 16.5. The molecule has 2 aliphatic rings. The Morgan fingerprint density at radius 2 is 1.95 bits per heavy atom. The van der Waals surface area contributed by atoms with Crippen LogP contribution in [0.3, 0.4) is 0 Å². The summed E-state index contributed by atoms with van der Waals surface area (Å²) in [6, 6.07) is 14.9. The molecule has 3 heteroatoms. The van der Waals surface area contributed by atoms with Crippen LogP contribution in [0, 0.1) is 5.92 Å². The molecule has 2 heterocycles. The maximum Gasteiger partial charge on any atom is 0.139 e. The first kappa shape index (κ1) is 12.7. The molecule has 0 bridgehead atoms. The average Bonchev–Trinajstić information content (AvgIpc) is 2.55. The maximum absolute atomic E-state index is 6.09. The van der Waals surface area contributed by atoms with E-state index in [-0.39, 0.29) is 0 Å². The van der Waals surface area contributed by atoms with Gasteiger partial charge in [-0.3, -0.25) is 5.32 Å². The second-order valence-corrected chi connectivity index (χ2v) is 5.82. The molecule has 0 aliphatic carbocycles. The second kappa shape index (κ2) is 5.41. The van der Waals surface area contributed by atoms with Crippen LogP contribution in [0.1, 0.15) is 16.7 Å². The summed E-state index contributed by atoms with van der Waals surface area (Å²) in [6.07, 6.45) is 2.16. The summed E-state index contributed by atoms with van der Waals surface area (Å²) >= 11 is 0. The van der Waals surface area contributed by atoms with E-state index in [0.717, 1.165) is 37.5 Å². The molecule has 1 atom stereocenters. The third kappa shape index (κ3) is 2.49. The third-order valence-electron chi connectivity index (χ3n) is 4.27. The van der Waals surface area contributed by atoms with Crippen LogP contribution in [0.15, 0.2) is 42.5 Å². The molecule has 0 aromatic heterocycles. The molecule has 2 aliphatic heterocycles. The Hall–Kier alpha value is -2.00. The van der Waals surface area contributed by atoms with Crippen LogP contribution in [0.2, 0.25) is 0 Å². The lowest BCUT2D eigenvalue weighted by Gasteiger charge is -2.30. The highest BCUT2D eigenvalue weighted by molar-refractivity contribution is 5.51. The van der Waals surface area contributed by atoms with Crippen molar-refractivity contribution in [3.05, 3.63) is 59.2 Å². The molecule has 21 heavy (non-hydrogen) atoms. The summed E-state index contributed by atoms with van der Waals surface area (Å²) in [5, 5.41) is 3.24. The molecule has 0 saturated carbocycles. The van der Waals surface area contributed by atoms with Crippen molar-refractivity contribution in [1.82, 2.24) is 5.32 Å². The SMILES string of the molecule is c1ccc(CC2COc3c(ccc4c3CNCO4)C2)cc1. The Bertz CT molecular complexity index is 639. The number of rotatable bonds is 2. The fourth-order valence-corrected chi connectivity index (χ4v) is 3.26. The standard InChI is InChI=1S/C18H19NO2/c1-2-4-13(5-3-1)8-14-9-15-6-7-17-16(10-19-12-21-17)18(15)20-11-14/h1-7,14,19H,8-12H2. The molecule has 0 fully saturated rings. The van der Waals surface area contributed by atoms with Gasteiger partial charge < -0.3 is 9.47 Å². The summed E-state index contributed by atoms with van der Waals surface area (Å²) < 4.78 is 11.7. The fourth-order valence-electron chi connectivity index (χ4n) is 3.26. The van der Waals surface area contributed by atoms with E-state index < -0.39 is 0 Å². The van der Waals surface area contributed by atoms with Crippen LogP contribution < -0.4 is 14.8 Å². The van der Waals surface area contributed by atoms with E-state index in [1.54, 1.807) is 0 Å². The quantitative estimate of drug-likeness (QED) is 0.918. The van der Waals surface area contributed by atoms with Gasteiger partial charge in [-0.2, -0.15) is 0 Å². The van der Waals surface area contributed by atoms with Gasteiger partial charge in [-0.15, -0.1) is 0 Å². The minimum atomic E-state index is 0.551. The lowest BCUT2D eigenvalue weighted by molar-refractivity contribution is 0.207. The van der Waals surface area contributed by atoms with Gasteiger partial charge in [0.05, 0.1) is 12.2 Å². The Morgan fingerprint density at radius 3 is 2.86 bits per heavy atom. The van der Waals surface area contributed by atoms with E-state index in [4.69, 9.17) is 9.47 Å². The van der Waals surface area contributed by atoms with Crippen molar-refractivity contribution in [2.24, 2.45) is 5.92 Å². The van der Waals surface area contributed by atoms with Gasteiger partial charge in [0.1, 0.15) is 18.2 Å². The Labute approximate surface area is 124 Å². The topological polar surface area (TPSA) is 30.5 Å². The van der Waals surface area contributed by atoms with Crippen LogP contribution in [0.5, 0.6) is 11.5 Å². The first-order chi connectivity index (χ1) is 10.4. The lowest BCUT2D eigenvalue weighted by atomic mass is 9.89. The first-order valence-corrected chi connectivity index (χ1v) is 7.55. The third-order valence-corrected chi connectivity index (χ3v) is 4.27. The van der Waals surface area contributed by atoms with Crippen LogP contribution >= 0.6 is 0 Å². The number of hydrogen-bond acceptors (Lipinski definition) is 3. The Morgan fingerprint density at radius 1 is 1.05 bits per heavy atom. The number of nitrogens with one attached hydrogen (secondary N) is 1. The first-order valence-electron chi connectivity index (χ1n) is 7.55. The van der Waals surface area contributed by atoms with Gasteiger partial charge in [-0.1, -0.05) is 36.4 Å². The van der Waals surface area contributed by atoms with Gasteiger partial charge >= 0.3 is 0 Å². The maximum atomic E-state index is 6.09. The number of ether oxygens (including phenoxy) is 2. The summed E-state index contributed by atoms with van der Waals surface area (Å²) in [5.41, 5.74) is 3.88. The molecule has 3 nitrogen and oxygen atoms in total. The molecule has 1 N–H and O–H groups in total. The molecule has 2 aromatic rings. The predicted molar refractivity (Wildman–Crippen MR) is 81.6 cm³/mol. The molecule has 0 amide bonds. The zero-order valence-electron chi connectivity index (χ0n) is 12.0. The van der Waals surface area contributed by atoms with E-state index in [2.05, 4.69) is 47.8 Å². The van der Waals surface area contributed by atoms with Crippen molar-refractivity contribution in [1.29, 1.82) is 0 Å². The van der Waals surface area contributed by atoms with Gasteiger partial charge in [-0.05, 0) is 30.0 Å². The number of hydrogen-bond donors (Lipinski definition) is 1. The van der Waals surface area contributed by atoms with Gasteiger partial charge in [0, 0.05) is 12.5 Å². The van der Waals surface area contributed by atoms with Crippen molar-refractivity contribution in [2.75, 3.05) is 13.3 Å². The van der Waals surface area contributed by atoms with Gasteiger partial charge in [0.2, 0.25) is 0 Å². The van der Waals surface area contributed by atoms with Crippen LogP contribution in [-0.2, 0) is 19.4 Å². The van der Waals surface area contributed by atoms with E-state index in [1.807, 2.05) is 0 Å². The van der Waals surface area contributed by atoms with Gasteiger partial charge in [0.15, 0.2) is 0 Å². The molecule has 0 radical (unpaired) electrons. The largest absolute Gasteiger partial charge is 0.493 e. The minimum Gasteiger partial charge on any atom is -0.493 e. The highest BCUT2D eigenvalue weighted by Crippen LogP contribution is 2.38. The molecule has 0 spiro atoms. The molecule has 4 rings (SSSR count). The second-order valence-electron chi connectivity index (χ2n) is 5.82. The zero-order valence-corrected chi connectivity index (χ0v) is 12.0. The predicted octanol–water partition coefficient (Wildman–Crippen LogP) is 2.92. The van der Waals surface area contributed by atoms with Crippen LogP contribution in [0.25, 0.3) is 0 Å². The smallest absolute Gasteiger partial charge is 0.139 e. The van der Waals surface area contributed by atoms with Crippen molar-refractivity contribution in [3.8, 4) is 11.5 Å². The molecule has 1 unspecified atom stereocenters. The Kier molecular flexibility index (Phi) is 3.28. The van der Waals surface area contributed by atoms with E-state index >= 15 is 0 Å². The summed E-state index contributed by atoms with van der Waals surface area (Å²) in [4.78, 5) is 0. The van der Waals surface area contributed by atoms with Crippen molar-refractivity contribution >= 4 is 0 Å². The zero-order chi connectivity index (χ0) is 14.1. The molecule has 2 aromatic carbocycles. The minimum absolute atomic E-state index is 0.551. The van der Waals surface area contributed by atoms with E-state index in [9.17, 15) is 0 Å². The molecular weight excluding hydrogens is 262 g/mol. The van der Waals surface area contributed by atoms with Crippen LogP contribution in [0.4, 0.5) is 0 Å². The van der Waals surface area contributed by atoms with E-state index in [1.165, 1.54) is 16.7 Å². The summed E-state index contributed by atoms with van der Waals surface area (Å²) in [5.74, 6) is 2.56. The lowest BCUT2D eigenvalue weighted by Crippen LogP contribution is -2.29. The van der Waals surface area contributed by atoms with Gasteiger partial charge in [0.25, 0.3) is 0 Å². The normalized spacial score (nSPS) is 19.9.